The fraction of sp³-hybridized carbons (Fsp3) is 0.294. The number of Topliss-reactive ketones (excluding diaryl/α,β-unsaturated/α-hetero) is 1. The highest BCUT2D eigenvalue weighted by molar-refractivity contribution is 5.96. The molecular weight excluding hydrogens is 280 g/mol. The number of carbonyl (C=O) groups excluding carboxylic acids is 2. The average molecular weight is 300 g/mol. The summed E-state index contributed by atoms with van der Waals surface area (Å²) in [5.74, 6) is 0.639. The number of hydrogen-bond donors (Lipinski definition) is 2. The average Bonchev–Trinajstić information content (AvgIpc) is 3.02. The van der Waals surface area contributed by atoms with Gasteiger partial charge in [-0.25, -0.2) is 0 Å². The number of benzene rings is 1. The van der Waals surface area contributed by atoms with Crippen LogP contribution in [0.4, 0.5) is 5.69 Å². The van der Waals surface area contributed by atoms with E-state index in [9.17, 15) is 9.59 Å². The number of carbonyl (C=O) groups is 2. The van der Waals surface area contributed by atoms with Gasteiger partial charge >= 0.3 is 0 Å². The molecule has 2 N–H and O–H groups in total. The molecule has 5 heteroatoms. The third-order valence-corrected chi connectivity index (χ3v) is 3.42. The van der Waals surface area contributed by atoms with Crippen molar-refractivity contribution in [2.45, 2.75) is 32.9 Å². The zero-order chi connectivity index (χ0) is 16.1. The predicted octanol–water partition coefficient (Wildman–Crippen LogP) is 3.16. The Morgan fingerprint density at radius 3 is 2.32 bits per heavy atom. The molecule has 22 heavy (non-hydrogen) atoms. The maximum Gasteiger partial charge on any atom is 0.241 e. The normalized spacial score (nSPS) is 13.4. The highest BCUT2D eigenvalue weighted by atomic mass is 16.3. The Morgan fingerprint density at radius 1 is 1.09 bits per heavy atom. The van der Waals surface area contributed by atoms with Gasteiger partial charge in [0, 0.05) is 11.3 Å². The summed E-state index contributed by atoms with van der Waals surface area (Å²) in [6.45, 7) is 5.23. The maximum absolute atomic E-state index is 12.2. The van der Waals surface area contributed by atoms with E-state index in [2.05, 4.69) is 10.6 Å². The van der Waals surface area contributed by atoms with Gasteiger partial charge in [-0.3, -0.25) is 14.9 Å². The van der Waals surface area contributed by atoms with Crippen molar-refractivity contribution >= 4 is 17.4 Å². The lowest BCUT2D eigenvalue weighted by Gasteiger charge is -2.18. The molecule has 1 heterocycles. The van der Waals surface area contributed by atoms with Crippen LogP contribution in [0, 0.1) is 0 Å². The van der Waals surface area contributed by atoms with Crippen LogP contribution in [0.25, 0.3) is 0 Å². The van der Waals surface area contributed by atoms with Crippen LogP contribution in [0.1, 0.15) is 42.9 Å². The van der Waals surface area contributed by atoms with Crippen molar-refractivity contribution in [3.05, 3.63) is 54.0 Å². The van der Waals surface area contributed by atoms with E-state index in [-0.39, 0.29) is 23.8 Å². The molecule has 0 saturated carbocycles. The largest absolute Gasteiger partial charge is 0.468 e. The first-order valence-electron chi connectivity index (χ1n) is 7.18. The third-order valence-electron chi connectivity index (χ3n) is 3.42. The Morgan fingerprint density at radius 2 is 1.77 bits per heavy atom. The van der Waals surface area contributed by atoms with Gasteiger partial charge in [0.15, 0.2) is 5.78 Å². The number of rotatable bonds is 6. The van der Waals surface area contributed by atoms with E-state index >= 15 is 0 Å². The minimum absolute atomic E-state index is 0.000170. The molecule has 2 atom stereocenters. The Balaban J connectivity index is 1.92. The van der Waals surface area contributed by atoms with Gasteiger partial charge in [0.2, 0.25) is 5.91 Å². The quantitative estimate of drug-likeness (QED) is 0.804. The molecule has 0 aliphatic rings. The number of ketones is 1. The second-order valence-electron chi connectivity index (χ2n) is 5.25. The molecule has 1 aromatic heterocycles. The van der Waals surface area contributed by atoms with Gasteiger partial charge in [0.1, 0.15) is 5.76 Å². The van der Waals surface area contributed by atoms with Crippen LogP contribution in [0.3, 0.4) is 0 Å². The summed E-state index contributed by atoms with van der Waals surface area (Å²) in [6.07, 6.45) is 1.61. The molecule has 5 nitrogen and oxygen atoms in total. The smallest absolute Gasteiger partial charge is 0.241 e. The topological polar surface area (TPSA) is 71.3 Å². The SMILES string of the molecule is CC(=O)c1ccc(NC(=O)[C@@H](C)N[C@H](C)c2ccco2)cc1. The van der Waals surface area contributed by atoms with Gasteiger partial charge in [-0.05, 0) is 57.2 Å². The Kier molecular flexibility index (Phi) is 5.12. The molecule has 0 unspecified atom stereocenters. The molecule has 0 aliphatic carbocycles. The van der Waals surface area contributed by atoms with Crippen molar-refractivity contribution in [1.29, 1.82) is 0 Å². The molecule has 1 amide bonds. The van der Waals surface area contributed by atoms with E-state index in [1.54, 1.807) is 37.5 Å². The van der Waals surface area contributed by atoms with E-state index < -0.39 is 0 Å². The molecule has 0 radical (unpaired) electrons. The van der Waals surface area contributed by atoms with Gasteiger partial charge in [0.25, 0.3) is 0 Å². The molecule has 116 valence electrons. The lowest BCUT2D eigenvalue weighted by Crippen LogP contribution is -2.39. The summed E-state index contributed by atoms with van der Waals surface area (Å²) in [5, 5.41) is 5.99. The number of anilines is 1. The van der Waals surface area contributed by atoms with E-state index in [1.807, 2.05) is 19.1 Å². The molecular formula is C17H20N2O3. The molecule has 0 saturated heterocycles. The molecule has 0 bridgehead atoms. The first-order chi connectivity index (χ1) is 10.5. The lowest BCUT2D eigenvalue weighted by atomic mass is 10.1. The van der Waals surface area contributed by atoms with Crippen LogP contribution >= 0.6 is 0 Å². The summed E-state index contributed by atoms with van der Waals surface area (Å²) >= 11 is 0. The van der Waals surface area contributed by atoms with Crippen LogP contribution in [0.15, 0.2) is 47.1 Å². The zero-order valence-electron chi connectivity index (χ0n) is 12.9. The van der Waals surface area contributed by atoms with E-state index in [0.717, 1.165) is 5.76 Å². The van der Waals surface area contributed by atoms with Crippen LogP contribution in [0.5, 0.6) is 0 Å². The van der Waals surface area contributed by atoms with Crippen molar-refractivity contribution in [3.8, 4) is 0 Å². The fourth-order valence-electron chi connectivity index (χ4n) is 2.11. The summed E-state index contributed by atoms with van der Waals surface area (Å²) < 4.78 is 5.30. The van der Waals surface area contributed by atoms with Crippen LogP contribution in [0.2, 0.25) is 0 Å². The van der Waals surface area contributed by atoms with Gasteiger partial charge in [-0.15, -0.1) is 0 Å². The van der Waals surface area contributed by atoms with Crippen molar-refractivity contribution < 1.29 is 14.0 Å². The van der Waals surface area contributed by atoms with Crippen molar-refractivity contribution in [3.63, 3.8) is 0 Å². The monoisotopic (exact) mass is 300 g/mol. The Labute approximate surface area is 129 Å². The summed E-state index contributed by atoms with van der Waals surface area (Å²) in [7, 11) is 0. The number of hydrogen-bond acceptors (Lipinski definition) is 4. The summed E-state index contributed by atoms with van der Waals surface area (Å²) in [6, 6.07) is 10.1. The highest BCUT2D eigenvalue weighted by Crippen LogP contribution is 2.14. The van der Waals surface area contributed by atoms with Crippen molar-refractivity contribution in [1.82, 2.24) is 5.32 Å². The minimum Gasteiger partial charge on any atom is -0.468 e. The lowest BCUT2D eigenvalue weighted by molar-refractivity contribution is -0.118. The fourth-order valence-corrected chi connectivity index (χ4v) is 2.11. The second kappa shape index (κ2) is 7.04. The van der Waals surface area contributed by atoms with Crippen molar-refractivity contribution in [2.24, 2.45) is 0 Å². The Bertz CT molecular complexity index is 632. The van der Waals surface area contributed by atoms with E-state index in [0.29, 0.717) is 11.3 Å². The zero-order valence-corrected chi connectivity index (χ0v) is 12.9. The van der Waals surface area contributed by atoms with E-state index in [4.69, 9.17) is 4.42 Å². The number of furan rings is 1. The number of amides is 1. The van der Waals surface area contributed by atoms with E-state index in [1.165, 1.54) is 6.92 Å². The minimum atomic E-state index is -0.382. The standard InChI is InChI=1S/C17H20N2O3/c1-11(16-5-4-10-22-16)18-12(2)17(21)19-15-8-6-14(7-9-15)13(3)20/h4-12,18H,1-3H3,(H,19,21)/t11-,12-/m1/s1. The molecule has 0 fully saturated rings. The maximum atomic E-state index is 12.2. The van der Waals surface area contributed by atoms with Gasteiger partial charge in [-0.2, -0.15) is 0 Å². The molecule has 2 rings (SSSR count). The van der Waals surface area contributed by atoms with Crippen LogP contribution < -0.4 is 10.6 Å². The van der Waals surface area contributed by atoms with Gasteiger partial charge in [0.05, 0.1) is 18.3 Å². The molecule has 1 aromatic carbocycles. The molecule has 0 aliphatic heterocycles. The summed E-state index contributed by atoms with van der Waals surface area (Å²) in [4.78, 5) is 23.4. The number of nitrogens with one attached hydrogen (secondary N) is 2. The first kappa shape index (κ1) is 16.0. The third kappa shape index (κ3) is 4.05. The van der Waals surface area contributed by atoms with Crippen LogP contribution in [-0.4, -0.2) is 17.7 Å². The van der Waals surface area contributed by atoms with Gasteiger partial charge in [-0.1, -0.05) is 0 Å². The van der Waals surface area contributed by atoms with Gasteiger partial charge < -0.3 is 9.73 Å². The first-order valence-corrected chi connectivity index (χ1v) is 7.18. The predicted molar refractivity (Wildman–Crippen MR) is 84.8 cm³/mol. The summed E-state index contributed by atoms with van der Waals surface area (Å²) in [5.41, 5.74) is 1.28. The van der Waals surface area contributed by atoms with Crippen LogP contribution in [-0.2, 0) is 4.79 Å². The highest BCUT2D eigenvalue weighted by Gasteiger charge is 2.17. The van der Waals surface area contributed by atoms with Crippen molar-refractivity contribution in [2.75, 3.05) is 5.32 Å². The molecule has 2 aromatic rings. The molecule has 0 spiro atoms. The Hall–Kier alpha value is -2.40. The second-order valence-corrected chi connectivity index (χ2v) is 5.25.